The Kier molecular flexibility index (Phi) is 3.87. The van der Waals surface area contributed by atoms with Crippen LogP contribution in [0.2, 0.25) is 0 Å². The number of benzene rings is 1. The molecular weight excluding hydrogens is 352 g/mol. The van der Waals surface area contributed by atoms with Crippen LogP contribution in [-0.2, 0) is 0 Å². The van der Waals surface area contributed by atoms with E-state index < -0.39 is 0 Å². The highest BCUT2D eigenvalue weighted by Gasteiger charge is 2.23. The molecule has 7 nitrogen and oxygen atoms in total. The number of pyridine rings is 1. The Morgan fingerprint density at radius 2 is 2.04 bits per heavy atom. The molecule has 0 bridgehead atoms. The number of hydrogen-bond acceptors (Lipinski definition) is 4. The van der Waals surface area contributed by atoms with Crippen LogP contribution in [0.25, 0.3) is 27.8 Å². The molecule has 1 fully saturated rings. The van der Waals surface area contributed by atoms with E-state index in [0.717, 1.165) is 64.9 Å². The molecule has 1 unspecified atom stereocenters. The average molecular weight is 376 g/mol. The number of aryl methyl sites for hydroxylation is 2. The maximum absolute atomic E-state index is 12.8. The van der Waals surface area contributed by atoms with Gasteiger partial charge in [-0.05, 0) is 75.2 Å². The molecular formula is C21H24N6O. The predicted octanol–water partition coefficient (Wildman–Crippen LogP) is 2.92. The van der Waals surface area contributed by atoms with E-state index in [1.165, 1.54) is 0 Å². The number of nitrogens with one attached hydrogen (secondary N) is 1. The van der Waals surface area contributed by atoms with E-state index in [1.807, 2.05) is 17.7 Å². The van der Waals surface area contributed by atoms with Crippen molar-refractivity contribution in [2.24, 2.45) is 0 Å². The molecule has 3 aromatic heterocycles. The third-order valence-electron chi connectivity index (χ3n) is 5.90. The minimum atomic E-state index is -0.0187. The Bertz CT molecular complexity index is 1250. The lowest BCUT2D eigenvalue weighted by molar-refractivity contribution is 0.212. The first kappa shape index (κ1) is 17.2. The highest BCUT2D eigenvalue weighted by atomic mass is 16.1. The fourth-order valence-electron chi connectivity index (χ4n) is 4.54. The van der Waals surface area contributed by atoms with Gasteiger partial charge in [0.2, 0.25) is 0 Å². The summed E-state index contributed by atoms with van der Waals surface area (Å²) in [7, 11) is 2.12. The van der Waals surface area contributed by atoms with Gasteiger partial charge >= 0.3 is 5.69 Å². The molecule has 1 aliphatic heterocycles. The Morgan fingerprint density at radius 3 is 2.86 bits per heavy atom. The van der Waals surface area contributed by atoms with Gasteiger partial charge in [-0.2, -0.15) is 5.10 Å². The molecule has 1 N–H and O–H groups in total. The van der Waals surface area contributed by atoms with Crippen molar-refractivity contribution >= 4 is 16.7 Å². The van der Waals surface area contributed by atoms with E-state index in [2.05, 4.69) is 52.1 Å². The van der Waals surface area contributed by atoms with Crippen LogP contribution in [0.5, 0.6) is 0 Å². The van der Waals surface area contributed by atoms with Crippen molar-refractivity contribution in [3.05, 3.63) is 52.3 Å². The van der Waals surface area contributed by atoms with Gasteiger partial charge in [0, 0.05) is 18.3 Å². The number of imidazole rings is 1. The summed E-state index contributed by atoms with van der Waals surface area (Å²) in [6.45, 7) is 6.15. The van der Waals surface area contributed by atoms with Crippen LogP contribution in [0.3, 0.4) is 0 Å². The quantitative estimate of drug-likeness (QED) is 0.584. The largest absolute Gasteiger partial charge is 0.326 e. The number of H-pyrrole nitrogens is 1. The molecule has 0 amide bonds. The van der Waals surface area contributed by atoms with E-state index >= 15 is 0 Å². The lowest BCUT2D eigenvalue weighted by atomic mass is 9.99. The van der Waals surface area contributed by atoms with Crippen LogP contribution in [0.15, 0.2) is 35.5 Å². The van der Waals surface area contributed by atoms with Crippen LogP contribution in [-0.4, -0.2) is 49.2 Å². The first-order valence-corrected chi connectivity index (χ1v) is 9.75. The lowest BCUT2D eigenvalue weighted by Gasteiger charge is -2.30. The van der Waals surface area contributed by atoms with Crippen LogP contribution in [0.4, 0.5) is 0 Å². The summed E-state index contributed by atoms with van der Waals surface area (Å²) in [5, 5.41) is 4.28. The number of aromatic amines is 1. The number of likely N-dealkylation sites (tertiary alicyclic amines) is 1. The summed E-state index contributed by atoms with van der Waals surface area (Å²) >= 11 is 0. The minimum absolute atomic E-state index is 0.0187. The molecule has 0 spiro atoms. The van der Waals surface area contributed by atoms with Crippen molar-refractivity contribution in [3.63, 3.8) is 0 Å². The highest BCUT2D eigenvalue weighted by Crippen LogP contribution is 2.30. The molecule has 0 radical (unpaired) electrons. The summed E-state index contributed by atoms with van der Waals surface area (Å²) in [6.07, 6.45) is 5.73. The summed E-state index contributed by atoms with van der Waals surface area (Å²) in [6, 6.07) is 6.58. The molecule has 5 rings (SSSR count). The molecule has 0 aliphatic carbocycles. The van der Waals surface area contributed by atoms with Crippen LogP contribution in [0.1, 0.15) is 30.0 Å². The van der Waals surface area contributed by atoms with Crippen molar-refractivity contribution in [2.45, 2.75) is 32.7 Å². The van der Waals surface area contributed by atoms with Gasteiger partial charge in [0.15, 0.2) is 5.65 Å². The van der Waals surface area contributed by atoms with Gasteiger partial charge in [0.25, 0.3) is 0 Å². The number of nitrogens with zero attached hydrogens (tertiary/aromatic N) is 5. The van der Waals surface area contributed by atoms with Crippen molar-refractivity contribution in [3.8, 4) is 11.1 Å². The van der Waals surface area contributed by atoms with Gasteiger partial charge in [-0.15, -0.1) is 0 Å². The minimum Gasteiger partial charge on any atom is -0.306 e. The Hall–Kier alpha value is -2.93. The predicted molar refractivity (Wildman–Crippen MR) is 110 cm³/mol. The zero-order valence-corrected chi connectivity index (χ0v) is 16.4. The summed E-state index contributed by atoms with van der Waals surface area (Å²) < 4.78 is 3.76. The van der Waals surface area contributed by atoms with Gasteiger partial charge in [0.05, 0.1) is 17.1 Å². The number of rotatable bonds is 2. The van der Waals surface area contributed by atoms with E-state index in [0.29, 0.717) is 0 Å². The fraction of sp³-hybridized carbons (Fsp3) is 0.381. The van der Waals surface area contributed by atoms with Crippen molar-refractivity contribution in [2.75, 3.05) is 20.1 Å². The Morgan fingerprint density at radius 1 is 1.18 bits per heavy atom. The van der Waals surface area contributed by atoms with Crippen LogP contribution >= 0.6 is 0 Å². The molecule has 144 valence electrons. The molecule has 7 heteroatoms. The molecule has 1 saturated heterocycles. The summed E-state index contributed by atoms with van der Waals surface area (Å²) in [5.74, 6) is 0. The average Bonchev–Trinajstić information content (AvgIpc) is 3.24. The third kappa shape index (κ3) is 2.65. The van der Waals surface area contributed by atoms with E-state index in [1.54, 1.807) is 10.8 Å². The summed E-state index contributed by atoms with van der Waals surface area (Å²) in [5.41, 5.74) is 7.11. The molecule has 28 heavy (non-hydrogen) atoms. The van der Waals surface area contributed by atoms with Crippen molar-refractivity contribution in [1.82, 2.24) is 29.0 Å². The molecule has 1 aromatic carbocycles. The third-order valence-corrected chi connectivity index (χ3v) is 5.90. The van der Waals surface area contributed by atoms with Gasteiger partial charge in [-0.1, -0.05) is 0 Å². The number of piperidine rings is 1. The van der Waals surface area contributed by atoms with E-state index in [-0.39, 0.29) is 11.7 Å². The lowest BCUT2D eigenvalue weighted by Crippen LogP contribution is -2.36. The number of fused-ring (bicyclic) bond motifs is 2. The van der Waals surface area contributed by atoms with E-state index in [4.69, 9.17) is 0 Å². The summed E-state index contributed by atoms with van der Waals surface area (Å²) in [4.78, 5) is 22.4. The SMILES string of the molecule is Cc1cc2c(cc1-c1cc(C)c3ncnn3c1)[nH]c(=O)n2C1CCCN(C)C1. The van der Waals surface area contributed by atoms with Crippen LogP contribution in [0, 0.1) is 13.8 Å². The van der Waals surface area contributed by atoms with Crippen LogP contribution < -0.4 is 5.69 Å². The highest BCUT2D eigenvalue weighted by molar-refractivity contribution is 5.84. The number of likely N-dealkylation sites (N-methyl/N-ethyl adjacent to an activating group) is 1. The van der Waals surface area contributed by atoms with E-state index in [9.17, 15) is 4.79 Å². The second-order valence-electron chi connectivity index (χ2n) is 7.98. The second-order valence-corrected chi connectivity index (χ2v) is 7.98. The second kappa shape index (κ2) is 6.31. The maximum Gasteiger partial charge on any atom is 0.326 e. The normalized spacial score (nSPS) is 18.3. The maximum atomic E-state index is 12.8. The number of aromatic nitrogens is 5. The first-order chi connectivity index (χ1) is 13.5. The fourth-order valence-corrected chi connectivity index (χ4v) is 4.54. The standard InChI is InChI=1S/C21H24N6O/c1-13-8-19-18(24-21(28)27(19)16-5-4-6-25(3)11-16)9-17(13)15-7-14(2)20-22-12-23-26(20)10-15/h7-10,12,16H,4-6,11H2,1-3H3,(H,24,28). The molecule has 4 heterocycles. The van der Waals surface area contributed by atoms with Crippen molar-refractivity contribution < 1.29 is 0 Å². The molecule has 1 atom stereocenters. The van der Waals surface area contributed by atoms with Gasteiger partial charge in [-0.25, -0.2) is 14.3 Å². The van der Waals surface area contributed by atoms with Gasteiger partial charge in [0.1, 0.15) is 6.33 Å². The smallest absolute Gasteiger partial charge is 0.306 e. The molecule has 4 aromatic rings. The van der Waals surface area contributed by atoms with Gasteiger partial charge in [-0.3, -0.25) is 4.57 Å². The molecule has 0 saturated carbocycles. The first-order valence-electron chi connectivity index (χ1n) is 9.75. The topological polar surface area (TPSA) is 71.2 Å². The zero-order chi connectivity index (χ0) is 19.4. The number of hydrogen-bond donors (Lipinski definition) is 1. The molecule has 1 aliphatic rings. The van der Waals surface area contributed by atoms with Gasteiger partial charge < -0.3 is 9.88 Å². The zero-order valence-electron chi connectivity index (χ0n) is 16.4. The Balaban J connectivity index is 1.66. The Labute approximate surface area is 162 Å². The van der Waals surface area contributed by atoms with Crippen molar-refractivity contribution in [1.29, 1.82) is 0 Å². The monoisotopic (exact) mass is 376 g/mol.